The van der Waals surface area contributed by atoms with Gasteiger partial charge in [-0.1, -0.05) is 30.3 Å². The van der Waals surface area contributed by atoms with Gasteiger partial charge in [0.1, 0.15) is 5.82 Å². The molecule has 1 fully saturated rings. The van der Waals surface area contributed by atoms with Crippen LogP contribution in [0.25, 0.3) is 0 Å². The molecule has 25 heavy (non-hydrogen) atoms. The monoisotopic (exact) mass is 341 g/mol. The van der Waals surface area contributed by atoms with Gasteiger partial charge in [-0.15, -0.1) is 0 Å². The molecule has 7 heteroatoms. The fraction of sp³-hybridized carbons (Fsp3) is 0.278. The smallest absolute Gasteiger partial charge is 0.256 e. The first-order valence-electron chi connectivity index (χ1n) is 7.97. The Hall–Kier alpha value is -2.80. The van der Waals surface area contributed by atoms with E-state index in [0.29, 0.717) is 23.4 Å². The van der Waals surface area contributed by atoms with Gasteiger partial charge in [-0.2, -0.15) is 0 Å². The quantitative estimate of drug-likeness (QED) is 0.672. The van der Waals surface area contributed by atoms with Gasteiger partial charge in [-0.3, -0.25) is 19.8 Å². The van der Waals surface area contributed by atoms with Crippen molar-refractivity contribution in [3.05, 3.63) is 75.6 Å². The molecule has 6 nitrogen and oxygen atoms in total. The molecule has 0 aromatic heterocycles. The molecule has 0 saturated carbocycles. The predicted octanol–water partition coefficient (Wildman–Crippen LogP) is 2.35. The molecule has 2 aromatic carbocycles. The number of para-hydroxylation sites is 1. The number of nitrogens with zero attached hydrogens (tertiary/aromatic N) is 2. The molecule has 3 atom stereocenters. The molecule has 2 heterocycles. The van der Waals surface area contributed by atoms with Crippen LogP contribution >= 0.6 is 0 Å². The lowest BCUT2D eigenvalue weighted by Gasteiger charge is -2.30. The molecular weight excluding hydrogens is 325 g/mol. The van der Waals surface area contributed by atoms with Gasteiger partial charge in [0.2, 0.25) is 0 Å². The van der Waals surface area contributed by atoms with E-state index in [1.165, 1.54) is 12.1 Å². The molecule has 2 aliphatic heterocycles. The number of hydrogen-bond donors (Lipinski definition) is 1. The summed E-state index contributed by atoms with van der Waals surface area (Å²) in [5.74, 6) is -1.30. The van der Waals surface area contributed by atoms with Crippen LogP contribution in [-0.4, -0.2) is 35.4 Å². The van der Waals surface area contributed by atoms with Crippen molar-refractivity contribution < 1.29 is 14.1 Å². The van der Waals surface area contributed by atoms with Gasteiger partial charge in [0.15, 0.2) is 5.54 Å². The maximum atomic E-state index is 13.3. The van der Waals surface area contributed by atoms with Gasteiger partial charge in [0.05, 0.1) is 5.92 Å². The van der Waals surface area contributed by atoms with Gasteiger partial charge >= 0.3 is 0 Å². The second-order valence-electron chi connectivity index (χ2n) is 6.53. The summed E-state index contributed by atoms with van der Waals surface area (Å²) >= 11 is 0. The molecule has 2 aromatic rings. The molecule has 0 unspecified atom stereocenters. The first kappa shape index (κ1) is 15.7. The summed E-state index contributed by atoms with van der Waals surface area (Å²) in [7, 11) is 1.72. The number of nitrogens with one attached hydrogen (secondary N) is 1. The summed E-state index contributed by atoms with van der Waals surface area (Å²) in [4.78, 5) is 26.3. The zero-order valence-electron chi connectivity index (χ0n) is 13.5. The number of amides is 1. The average Bonchev–Trinajstić information content (AvgIpc) is 3.05. The summed E-state index contributed by atoms with van der Waals surface area (Å²) in [5, 5.41) is 14.8. The second kappa shape index (κ2) is 5.35. The lowest BCUT2D eigenvalue weighted by molar-refractivity contribution is -0.534. The number of anilines is 1. The van der Waals surface area contributed by atoms with Crippen LogP contribution in [0.3, 0.4) is 0 Å². The molecule has 2 aliphatic rings. The summed E-state index contributed by atoms with van der Waals surface area (Å²) in [6.45, 7) is 0.332. The Morgan fingerprint density at radius 3 is 2.60 bits per heavy atom. The highest BCUT2D eigenvalue weighted by Crippen LogP contribution is 2.51. The molecule has 128 valence electrons. The fourth-order valence-electron chi connectivity index (χ4n) is 4.29. The summed E-state index contributed by atoms with van der Waals surface area (Å²) in [6.07, 6.45) is 0. The normalized spacial score (nSPS) is 28.2. The van der Waals surface area contributed by atoms with E-state index in [0.717, 1.165) is 0 Å². The molecule has 1 spiro atoms. The zero-order chi connectivity index (χ0) is 17.8. The van der Waals surface area contributed by atoms with Crippen LogP contribution in [0.2, 0.25) is 0 Å². The first-order valence-corrected chi connectivity index (χ1v) is 7.97. The highest BCUT2D eigenvalue weighted by molar-refractivity contribution is 6.06. The fourth-order valence-corrected chi connectivity index (χ4v) is 4.29. The van der Waals surface area contributed by atoms with Crippen LogP contribution in [0, 0.1) is 15.9 Å². The molecule has 4 rings (SSSR count). The van der Waals surface area contributed by atoms with Gasteiger partial charge in [0, 0.05) is 22.7 Å². The van der Waals surface area contributed by atoms with Crippen LogP contribution in [0.5, 0.6) is 0 Å². The third-order valence-corrected chi connectivity index (χ3v) is 5.34. The number of halogens is 1. The minimum atomic E-state index is -1.36. The molecule has 1 N–H and O–H groups in total. The average molecular weight is 341 g/mol. The van der Waals surface area contributed by atoms with Crippen molar-refractivity contribution in [1.82, 2.24) is 4.90 Å². The third-order valence-electron chi connectivity index (χ3n) is 5.34. The highest BCUT2D eigenvalue weighted by Gasteiger charge is 2.68. The van der Waals surface area contributed by atoms with Crippen molar-refractivity contribution in [2.45, 2.75) is 17.5 Å². The van der Waals surface area contributed by atoms with Crippen LogP contribution in [0.1, 0.15) is 17.0 Å². The summed E-state index contributed by atoms with van der Waals surface area (Å²) < 4.78 is 13.3. The van der Waals surface area contributed by atoms with Gasteiger partial charge in [-0.05, 0) is 30.8 Å². The number of fused-ring (bicyclic) bond motifs is 2. The van der Waals surface area contributed by atoms with E-state index in [9.17, 15) is 19.3 Å². The number of likely N-dealkylation sites (N-methyl/N-ethyl adjacent to an activating group) is 1. The van der Waals surface area contributed by atoms with Crippen LogP contribution in [0.15, 0.2) is 48.5 Å². The van der Waals surface area contributed by atoms with Crippen LogP contribution in [-0.2, 0) is 10.3 Å². The van der Waals surface area contributed by atoms with E-state index in [4.69, 9.17) is 0 Å². The molecule has 1 amide bonds. The number of carbonyl (C=O) groups is 1. The van der Waals surface area contributed by atoms with Crippen molar-refractivity contribution in [1.29, 1.82) is 0 Å². The number of likely N-dealkylation sites (tertiary alicyclic amines) is 1. The molecular formula is C18H16FN3O3. The minimum Gasteiger partial charge on any atom is -0.324 e. The van der Waals surface area contributed by atoms with E-state index in [-0.39, 0.29) is 10.8 Å². The van der Waals surface area contributed by atoms with Crippen molar-refractivity contribution in [3.8, 4) is 0 Å². The van der Waals surface area contributed by atoms with Crippen molar-refractivity contribution in [2.24, 2.45) is 0 Å². The van der Waals surface area contributed by atoms with Gasteiger partial charge in [-0.25, -0.2) is 4.39 Å². The molecule has 0 aliphatic carbocycles. The summed E-state index contributed by atoms with van der Waals surface area (Å²) in [5.41, 5.74) is 0.517. The Morgan fingerprint density at radius 1 is 1.24 bits per heavy atom. The van der Waals surface area contributed by atoms with E-state index in [2.05, 4.69) is 5.32 Å². The Morgan fingerprint density at radius 2 is 1.92 bits per heavy atom. The maximum Gasteiger partial charge on any atom is 0.256 e. The molecule has 0 bridgehead atoms. The highest BCUT2D eigenvalue weighted by atomic mass is 19.1. The first-order chi connectivity index (χ1) is 12.0. The number of nitro groups is 1. The Balaban J connectivity index is 1.90. The molecule has 1 saturated heterocycles. The van der Waals surface area contributed by atoms with Crippen LogP contribution in [0.4, 0.5) is 10.1 Å². The Kier molecular flexibility index (Phi) is 3.36. The van der Waals surface area contributed by atoms with E-state index in [1.54, 1.807) is 48.3 Å². The number of rotatable bonds is 2. The van der Waals surface area contributed by atoms with Crippen molar-refractivity contribution in [2.75, 3.05) is 18.9 Å². The third kappa shape index (κ3) is 2.02. The van der Waals surface area contributed by atoms with E-state index in [1.807, 2.05) is 0 Å². The van der Waals surface area contributed by atoms with Crippen molar-refractivity contribution in [3.63, 3.8) is 0 Å². The van der Waals surface area contributed by atoms with Crippen molar-refractivity contribution >= 4 is 11.6 Å². The van der Waals surface area contributed by atoms with Gasteiger partial charge < -0.3 is 5.32 Å². The number of hydrogen-bond acceptors (Lipinski definition) is 4. The van der Waals surface area contributed by atoms with Crippen LogP contribution < -0.4 is 5.32 Å². The number of carbonyl (C=O) groups excluding carboxylic acids is 1. The maximum absolute atomic E-state index is 13.3. The van der Waals surface area contributed by atoms with E-state index >= 15 is 0 Å². The lowest BCUT2D eigenvalue weighted by atomic mass is 9.79. The largest absolute Gasteiger partial charge is 0.324 e. The second-order valence-corrected chi connectivity index (χ2v) is 6.53. The SMILES string of the molecule is CN1C[C@H](c2ccc(F)cc2)[C@@H]([N+](=O)[O-])[C@@]12C(=O)Nc1ccccc12. The molecule has 0 radical (unpaired) electrons. The minimum absolute atomic E-state index is 0.332. The Bertz CT molecular complexity index is 870. The Labute approximate surface area is 143 Å². The van der Waals surface area contributed by atoms with Gasteiger partial charge in [0.25, 0.3) is 11.9 Å². The lowest BCUT2D eigenvalue weighted by Crippen LogP contribution is -2.54. The zero-order valence-corrected chi connectivity index (χ0v) is 13.5. The standard InChI is InChI=1S/C18H16FN3O3/c1-21-10-13(11-6-8-12(19)9-7-11)16(22(24)25)18(21)14-4-2-3-5-15(14)20-17(18)23/h2-9,13,16H,10H2,1H3,(H,20,23)/t13-,16-,18+/m1/s1. The topological polar surface area (TPSA) is 75.5 Å². The predicted molar refractivity (Wildman–Crippen MR) is 89.3 cm³/mol. The number of benzene rings is 2. The van der Waals surface area contributed by atoms with E-state index < -0.39 is 23.3 Å². The summed E-state index contributed by atoms with van der Waals surface area (Å²) in [6, 6.07) is 11.6.